The molecule has 0 atom stereocenters. The molecule has 0 fully saturated rings. The van der Waals surface area contributed by atoms with Gasteiger partial charge < -0.3 is 10.4 Å². The van der Waals surface area contributed by atoms with E-state index < -0.39 is 68.2 Å². The Morgan fingerprint density at radius 3 is 1.92 bits per heavy atom. The van der Waals surface area contributed by atoms with E-state index in [1.165, 1.54) is 5.32 Å². The molecule has 2 N–H and O–H groups in total. The van der Waals surface area contributed by atoms with Crippen molar-refractivity contribution in [2.24, 2.45) is 0 Å². The summed E-state index contributed by atoms with van der Waals surface area (Å²) in [6, 6.07) is -0.176. The van der Waals surface area contributed by atoms with E-state index in [0.717, 1.165) is 0 Å². The van der Waals surface area contributed by atoms with Gasteiger partial charge in [-0.25, -0.2) is 26.3 Å². The van der Waals surface area contributed by atoms with Crippen LogP contribution in [0.5, 0.6) is 5.75 Å². The molecule has 0 aliphatic carbocycles. The quantitative estimate of drug-likeness (QED) is 0.232. The fourth-order valence-electron chi connectivity index (χ4n) is 1.93. The van der Waals surface area contributed by atoms with E-state index in [0.29, 0.717) is 0 Å². The van der Waals surface area contributed by atoms with Gasteiger partial charge in [0.15, 0.2) is 23.3 Å². The molecule has 2 aromatic carbocycles. The van der Waals surface area contributed by atoms with Crippen LogP contribution < -0.4 is 5.32 Å². The minimum Gasteiger partial charge on any atom is -0.506 e. The third-order valence-electron chi connectivity index (χ3n) is 3.06. The summed E-state index contributed by atoms with van der Waals surface area (Å²) < 4.78 is 108. The number of carbonyl (C=O) groups is 1. The largest absolute Gasteiger partial charge is 0.506 e. The van der Waals surface area contributed by atoms with Crippen LogP contribution in [-0.2, 0) is 4.79 Å². The SMILES string of the molecule is O=C(Nc1c(O)cc(F)c(-c2c(F)cc(F)c(F)c2F)c1F)C(F)(F)Br. The van der Waals surface area contributed by atoms with E-state index in [-0.39, 0.29) is 12.1 Å². The lowest BCUT2D eigenvalue weighted by molar-refractivity contribution is -0.128. The first-order valence-electron chi connectivity index (χ1n) is 6.28. The maximum Gasteiger partial charge on any atom is 0.378 e. The van der Waals surface area contributed by atoms with Crippen molar-refractivity contribution in [1.29, 1.82) is 0 Å². The van der Waals surface area contributed by atoms with Gasteiger partial charge in [-0.05, 0) is 0 Å². The first-order chi connectivity index (χ1) is 11.9. The first-order valence-corrected chi connectivity index (χ1v) is 7.08. The highest BCUT2D eigenvalue weighted by molar-refractivity contribution is 9.10. The van der Waals surface area contributed by atoms with Crippen molar-refractivity contribution in [3.05, 3.63) is 47.0 Å². The van der Waals surface area contributed by atoms with Gasteiger partial charge in [0, 0.05) is 28.1 Å². The van der Waals surface area contributed by atoms with Crippen molar-refractivity contribution < 1.29 is 45.0 Å². The summed E-state index contributed by atoms with van der Waals surface area (Å²) in [7, 11) is 0. The summed E-state index contributed by atoms with van der Waals surface area (Å²) in [5, 5.41) is 10.6. The van der Waals surface area contributed by atoms with Gasteiger partial charge in [0.2, 0.25) is 0 Å². The van der Waals surface area contributed by atoms with Crippen LogP contribution in [0.2, 0.25) is 0 Å². The molecule has 0 aliphatic heterocycles. The zero-order valence-electron chi connectivity index (χ0n) is 11.9. The Labute approximate surface area is 147 Å². The maximum absolute atomic E-state index is 14.4. The lowest BCUT2D eigenvalue weighted by Gasteiger charge is -2.15. The van der Waals surface area contributed by atoms with Crippen LogP contribution in [0.4, 0.5) is 40.8 Å². The Kier molecular flexibility index (Phi) is 5.17. The van der Waals surface area contributed by atoms with Crippen LogP contribution in [0.1, 0.15) is 0 Å². The second kappa shape index (κ2) is 6.74. The van der Waals surface area contributed by atoms with Gasteiger partial charge in [0.1, 0.15) is 23.1 Å². The van der Waals surface area contributed by atoms with Crippen molar-refractivity contribution in [1.82, 2.24) is 0 Å². The van der Waals surface area contributed by atoms with Crippen molar-refractivity contribution in [2.75, 3.05) is 5.32 Å². The Morgan fingerprint density at radius 1 is 0.885 bits per heavy atom. The van der Waals surface area contributed by atoms with E-state index in [1.807, 2.05) is 0 Å². The summed E-state index contributed by atoms with van der Waals surface area (Å²) in [5.41, 5.74) is -4.83. The number of alkyl halides is 3. The minimum absolute atomic E-state index is 0.0283. The van der Waals surface area contributed by atoms with Gasteiger partial charge in [-0.2, -0.15) is 8.78 Å². The van der Waals surface area contributed by atoms with E-state index >= 15 is 0 Å². The predicted molar refractivity (Wildman–Crippen MR) is 75.8 cm³/mol. The van der Waals surface area contributed by atoms with E-state index in [2.05, 4.69) is 0 Å². The van der Waals surface area contributed by atoms with E-state index in [9.17, 15) is 45.0 Å². The Morgan fingerprint density at radius 2 is 1.38 bits per heavy atom. The van der Waals surface area contributed by atoms with Crippen LogP contribution in [0.15, 0.2) is 12.1 Å². The smallest absolute Gasteiger partial charge is 0.378 e. The maximum atomic E-state index is 14.4. The van der Waals surface area contributed by atoms with Crippen molar-refractivity contribution in [3.63, 3.8) is 0 Å². The number of halogens is 9. The molecule has 1 amide bonds. The number of carbonyl (C=O) groups excluding carboxylic acids is 1. The molecular weight excluding hydrogens is 446 g/mol. The van der Waals surface area contributed by atoms with Gasteiger partial charge in [0.25, 0.3) is 0 Å². The second-order valence-electron chi connectivity index (χ2n) is 4.74. The van der Waals surface area contributed by atoms with Crippen LogP contribution in [0.3, 0.4) is 0 Å². The van der Waals surface area contributed by atoms with Crippen molar-refractivity contribution in [2.45, 2.75) is 4.83 Å². The lowest BCUT2D eigenvalue weighted by atomic mass is 10.0. The monoisotopic (exact) mass is 449 g/mol. The molecule has 0 saturated heterocycles. The number of phenolic OH excluding ortho intramolecular Hbond substituents is 1. The Hall–Kier alpha value is -2.37. The van der Waals surface area contributed by atoms with Crippen molar-refractivity contribution in [3.8, 4) is 16.9 Å². The fraction of sp³-hybridized carbons (Fsp3) is 0.0714. The highest BCUT2D eigenvalue weighted by atomic mass is 79.9. The molecule has 0 aromatic heterocycles. The number of amides is 1. The van der Waals surface area contributed by atoms with Gasteiger partial charge in [-0.3, -0.25) is 4.79 Å². The topological polar surface area (TPSA) is 49.3 Å². The summed E-state index contributed by atoms with van der Waals surface area (Å²) in [4.78, 5) is 6.93. The number of hydrogen-bond donors (Lipinski definition) is 2. The zero-order chi connectivity index (χ0) is 20.0. The molecule has 0 bridgehead atoms. The average Bonchev–Trinajstić information content (AvgIpc) is 2.51. The third-order valence-corrected chi connectivity index (χ3v) is 3.42. The molecule has 3 nitrogen and oxygen atoms in total. The second-order valence-corrected chi connectivity index (χ2v) is 5.73. The van der Waals surface area contributed by atoms with Gasteiger partial charge in [0.05, 0.1) is 11.1 Å². The normalized spacial score (nSPS) is 11.6. The van der Waals surface area contributed by atoms with E-state index in [1.54, 1.807) is 15.9 Å². The number of benzene rings is 2. The Balaban J connectivity index is 2.75. The summed E-state index contributed by atoms with van der Waals surface area (Å²) >= 11 is 1.63. The number of aromatic hydroxyl groups is 1. The van der Waals surface area contributed by atoms with Crippen molar-refractivity contribution >= 4 is 27.5 Å². The highest BCUT2D eigenvalue weighted by Gasteiger charge is 2.37. The minimum atomic E-state index is -4.24. The summed E-state index contributed by atoms with van der Waals surface area (Å²) in [6.07, 6.45) is 0. The molecule has 0 saturated carbocycles. The van der Waals surface area contributed by atoms with Crippen LogP contribution in [0, 0.1) is 34.9 Å². The third kappa shape index (κ3) is 3.45. The molecule has 2 rings (SSSR count). The zero-order valence-corrected chi connectivity index (χ0v) is 13.5. The van der Waals surface area contributed by atoms with Gasteiger partial charge >= 0.3 is 10.7 Å². The highest BCUT2D eigenvalue weighted by Crippen LogP contribution is 2.40. The summed E-state index contributed by atoms with van der Waals surface area (Å²) in [5.74, 6) is -16.0. The molecule has 0 heterocycles. The summed E-state index contributed by atoms with van der Waals surface area (Å²) in [6.45, 7) is 0. The molecule has 140 valence electrons. The standard InChI is InChI=1S/C14H4BrF8NO2/c15-14(22,23)13(26)24-12-6(25)2-4(17)8(11(12)21)7-3(16)1-5(18)9(19)10(7)20/h1-2,25H,(H,24,26). The molecule has 0 aliphatic rings. The number of phenols is 1. The lowest BCUT2D eigenvalue weighted by Crippen LogP contribution is -2.29. The number of nitrogens with one attached hydrogen (secondary N) is 1. The molecule has 12 heteroatoms. The fourth-order valence-corrected chi connectivity index (χ4v) is 2.03. The molecule has 2 aromatic rings. The van der Waals surface area contributed by atoms with Crippen LogP contribution in [-0.4, -0.2) is 15.8 Å². The number of anilines is 1. The molecule has 0 spiro atoms. The number of rotatable bonds is 3. The molecule has 0 unspecified atom stereocenters. The van der Waals surface area contributed by atoms with Crippen LogP contribution in [0.25, 0.3) is 11.1 Å². The number of hydrogen-bond acceptors (Lipinski definition) is 2. The van der Waals surface area contributed by atoms with Gasteiger partial charge in [-0.1, -0.05) is 0 Å². The first kappa shape index (κ1) is 19.9. The van der Waals surface area contributed by atoms with Gasteiger partial charge in [-0.15, -0.1) is 0 Å². The van der Waals surface area contributed by atoms with Crippen LogP contribution >= 0.6 is 15.9 Å². The predicted octanol–water partition coefficient (Wildman–Crippen LogP) is 4.82. The average molecular weight is 450 g/mol. The Bertz CT molecular complexity index is 913. The molecular formula is C14H4BrF8NO2. The molecule has 0 radical (unpaired) electrons. The van der Waals surface area contributed by atoms with E-state index in [4.69, 9.17) is 0 Å². The molecule has 26 heavy (non-hydrogen) atoms.